The number of nitrogens with zero attached hydrogens (tertiary/aromatic N) is 2. The smallest absolute Gasteiger partial charge is 0.139 e. The molecule has 0 fully saturated rings. The zero-order chi connectivity index (χ0) is 11.5. The zero-order valence-corrected chi connectivity index (χ0v) is 9.44. The van der Waals surface area contributed by atoms with Crippen LogP contribution in [0.1, 0.15) is 25.8 Å². The summed E-state index contributed by atoms with van der Waals surface area (Å²) >= 11 is 0. The minimum Gasteiger partial charge on any atom is -0.385 e. The fourth-order valence-corrected chi connectivity index (χ4v) is 1.74. The summed E-state index contributed by atoms with van der Waals surface area (Å²) in [6, 6.07) is 7.84. The SMILES string of the molecule is CC#CCn1c([C@@H](C)O)nc2ccccc21. The molecular formula is C13H14N2O. The first kappa shape index (κ1) is 10.7. The first-order valence-corrected chi connectivity index (χ1v) is 5.27. The van der Waals surface area contributed by atoms with Crippen LogP contribution in [-0.4, -0.2) is 14.7 Å². The summed E-state index contributed by atoms with van der Waals surface area (Å²) in [6.45, 7) is 4.09. The van der Waals surface area contributed by atoms with E-state index in [0.717, 1.165) is 11.0 Å². The van der Waals surface area contributed by atoms with E-state index >= 15 is 0 Å². The van der Waals surface area contributed by atoms with Crippen molar-refractivity contribution in [3.8, 4) is 11.8 Å². The Kier molecular flexibility index (Phi) is 2.93. The van der Waals surface area contributed by atoms with Crippen LogP contribution in [-0.2, 0) is 6.54 Å². The molecule has 0 saturated carbocycles. The van der Waals surface area contributed by atoms with Gasteiger partial charge in [0.05, 0.1) is 17.6 Å². The molecule has 82 valence electrons. The first-order valence-electron chi connectivity index (χ1n) is 5.27. The van der Waals surface area contributed by atoms with Crippen molar-refractivity contribution in [1.29, 1.82) is 0 Å². The predicted octanol–water partition coefficient (Wildman–Crippen LogP) is 2.11. The normalized spacial score (nSPS) is 12.2. The molecule has 1 atom stereocenters. The van der Waals surface area contributed by atoms with E-state index in [2.05, 4.69) is 16.8 Å². The van der Waals surface area contributed by atoms with Gasteiger partial charge in [-0.3, -0.25) is 0 Å². The van der Waals surface area contributed by atoms with E-state index in [-0.39, 0.29) is 0 Å². The lowest BCUT2D eigenvalue weighted by Crippen LogP contribution is -2.05. The second-order valence-electron chi connectivity index (χ2n) is 3.65. The van der Waals surface area contributed by atoms with E-state index in [1.807, 2.05) is 28.8 Å². The second kappa shape index (κ2) is 4.38. The third-order valence-corrected chi connectivity index (χ3v) is 2.47. The number of imidazole rings is 1. The molecule has 3 heteroatoms. The van der Waals surface area contributed by atoms with E-state index in [4.69, 9.17) is 0 Å². The van der Waals surface area contributed by atoms with Crippen molar-refractivity contribution in [2.24, 2.45) is 0 Å². The van der Waals surface area contributed by atoms with E-state index in [1.165, 1.54) is 0 Å². The van der Waals surface area contributed by atoms with Crippen LogP contribution < -0.4 is 0 Å². The van der Waals surface area contributed by atoms with Crippen molar-refractivity contribution in [2.75, 3.05) is 0 Å². The van der Waals surface area contributed by atoms with Gasteiger partial charge in [0.15, 0.2) is 0 Å². The summed E-state index contributed by atoms with van der Waals surface area (Å²) in [4.78, 5) is 4.41. The number of hydrogen-bond donors (Lipinski definition) is 1. The predicted molar refractivity (Wildman–Crippen MR) is 63.8 cm³/mol. The highest BCUT2D eigenvalue weighted by Crippen LogP contribution is 2.20. The molecule has 1 aromatic heterocycles. The summed E-state index contributed by atoms with van der Waals surface area (Å²) < 4.78 is 1.95. The van der Waals surface area contributed by atoms with Crippen LogP contribution in [0.15, 0.2) is 24.3 Å². The number of aromatic nitrogens is 2. The van der Waals surface area contributed by atoms with Crippen molar-refractivity contribution >= 4 is 11.0 Å². The molecule has 2 aromatic rings. The topological polar surface area (TPSA) is 38.0 Å². The summed E-state index contributed by atoms with van der Waals surface area (Å²) in [5.74, 6) is 6.53. The Bertz CT molecular complexity index is 558. The van der Waals surface area contributed by atoms with Crippen LogP contribution in [0.2, 0.25) is 0 Å². The minimum absolute atomic E-state index is 0.567. The largest absolute Gasteiger partial charge is 0.385 e. The van der Waals surface area contributed by atoms with Crippen molar-refractivity contribution in [3.63, 3.8) is 0 Å². The van der Waals surface area contributed by atoms with Crippen LogP contribution in [0.5, 0.6) is 0 Å². The van der Waals surface area contributed by atoms with E-state index < -0.39 is 6.10 Å². The van der Waals surface area contributed by atoms with Gasteiger partial charge in [-0.2, -0.15) is 0 Å². The van der Waals surface area contributed by atoms with Crippen LogP contribution in [0.3, 0.4) is 0 Å². The lowest BCUT2D eigenvalue weighted by Gasteiger charge is -2.06. The van der Waals surface area contributed by atoms with Crippen molar-refractivity contribution in [2.45, 2.75) is 26.5 Å². The average molecular weight is 214 g/mol. The highest BCUT2D eigenvalue weighted by atomic mass is 16.3. The number of benzene rings is 1. The minimum atomic E-state index is -0.578. The number of fused-ring (bicyclic) bond motifs is 1. The Morgan fingerprint density at radius 2 is 2.19 bits per heavy atom. The van der Waals surface area contributed by atoms with Crippen LogP contribution >= 0.6 is 0 Å². The molecule has 0 amide bonds. The lowest BCUT2D eigenvalue weighted by molar-refractivity contribution is 0.185. The first-order chi connectivity index (χ1) is 7.74. The molecule has 0 aliphatic heterocycles. The van der Waals surface area contributed by atoms with Gasteiger partial charge in [-0.25, -0.2) is 4.98 Å². The monoisotopic (exact) mass is 214 g/mol. The number of para-hydroxylation sites is 2. The Morgan fingerprint density at radius 3 is 2.88 bits per heavy atom. The molecule has 0 unspecified atom stereocenters. The summed E-state index contributed by atoms with van der Waals surface area (Å²) in [5, 5.41) is 9.67. The molecule has 0 aliphatic rings. The van der Waals surface area contributed by atoms with Gasteiger partial charge in [0, 0.05) is 0 Å². The number of aliphatic hydroxyl groups is 1. The molecule has 0 aliphatic carbocycles. The Morgan fingerprint density at radius 1 is 1.44 bits per heavy atom. The number of aliphatic hydroxyl groups excluding tert-OH is 1. The third kappa shape index (κ3) is 1.80. The van der Waals surface area contributed by atoms with Gasteiger partial charge < -0.3 is 9.67 Å². The van der Waals surface area contributed by atoms with Gasteiger partial charge in [-0.1, -0.05) is 18.1 Å². The molecule has 0 spiro atoms. The molecule has 3 nitrogen and oxygen atoms in total. The molecule has 16 heavy (non-hydrogen) atoms. The Labute approximate surface area is 94.7 Å². The van der Waals surface area contributed by atoms with Crippen LogP contribution in [0.4, 0.5) is 0 Å². The van der Waals surface area contributed by atoms with E-state index in [0.29, 0.717) is 12.4 Å². The second-order valence-corrected chi connectivity index (χ2v) is 3.65. The molecular weight excluding hydrogens is 200 g/mol. The maximum absolute atomic E-state index is 9.67. The molecule has 2 rings (SSSR count). The highest BCUT2D eigenvalue weighted by Gasteiger charge is 2.13. The van der Waals surface area contributed by atoms with Crippen molar-refractivity contribution < 1.29 is 5.11 Å². The van der Waals surface area contributed by atoms with Gasteiger partial charge in [-0.05, 0) is 26.0 Å². The number of rotatable bonds is 2. The molecule has 0 saturated heterocycles. The van der Waals surface area contributed by atoms with Gasteiger partial charge >= 0.3 is 0 Å². The van der Waals surface area contributed by atoms with Gasteiger partial charge in [0.2, 0.25) is 0 Å². The van der Waals surface area contributed by atoms with Crippen LogP contribution in [0.25, 0.3) is 11.0 Å². The fourth-order valence-electron chi connectivity index (χ4n) is 1.74. The van der Waals surface area contributed by atoms with E-state index in [1.54, 1.807) is 13.8 Å². The van der Waals surface area contributed by atoms with Gasteiger partial charge in [0.25, 0.3) is 0 Å². The summed E-state index contributed by atoms with van der Waals surface area (Å²) in [6.07, 6.45) is -0.578. The van der Waals surface area contributed by atoms with E-state index in [9.17, 15) is 5.11 Å². The van der Waals surface area contributed by atoms with Gasteiger partial charge in [0.1, 0.15) is 11.9 Å². The summed E-state index contributed by atoms with van der Waals surface area (Å²) in [5.41, 5.74) is 1.91. The maximum atomic E-state index is 9.67. The molecule has 0 radical (unpaired) electrons. The van der Waals surface area contributed by atoms with Gasteiger partial charge in [-0.15, -0.1) is 5.92 Å². The van der Waals surface area contributed by atoms with Crippen molar-refractivity contribution in [1.82, 2.24) is 9.55 Å². The van der Waals surface area contributed by atoms with Crippen molar-refractivity contribution in [3.05, 3.63) is 30.1 Å². The average Bonchev–Trinajstić information content (AvgIpc) is 2.65. The molecule has 1 aromatic carbocycles. The zero-order valence-electron chi connectivity index (χ0n) is 9.44. The highest BCUT2D eigenvalue weighted by molar-refractivity contribution is 5.76. The quantitative estimate of drug-likeness (QED) is 0.777. The number of hydrogen-bond acceptors (Lipinski definition) is 2. The lowest BCUT2D eigenvalue weighted by atomic mass is 10.3. The summed E-state index contributed by atoms with van der Waals surface area (Å²) in [7, 11) is 0. The standard InChI is InChI=1S/C13H14N2O/c1-3-4-9-15-12-8-6-5-7-11(12)14-13(15)10(2)16/h5-8,10,16H,9H2,1-2H3/t10-/m1/s1. The third-order valence-electron chi connectivity index (χ3n) is 2.47. The molecule has 0 bridgehead atoms. The maximum Gasteiger partial charge on any atom is 0.139 e. The van der Waals surface area contributed by atoms with Crippen LogP contribution in [0, 0.1) is 11.8 Å². The molecule has 1 heterocycles. The molecule has 1 N–H and O–H groups in total. The Hall–Kier alpha value is -1.79. The Balaban J connectivity index is 2.62. The fraction of sp³-hybridized carbons (Fsp3) is 0.308.